The molecule has 6 nitrogen and oxygen atoms in total. The van der Waals surface area contributed by atoms with Crippen LogP contribution < -0.4 is 0 Å². The third kappa shape index (κ3) is 1.97. The van der Waals surface area contributed by atoms with Crippen LogP contribution in [-0.4, -0.2) is 45.2 Å². The van der Waals surface area contributed by atoms with Gasteiger partial charge in [-0.2, -0.15) is 5.10 Å². The fraction of sp³-hybridized carbons (Fsp3) is 0.471. The van der Waals surface area contributed by atoms with Crippen LogP contribution in [-0.2, 0) is 4.79 Å². The van der Waals surface area contributed by atoms with E-state index in [-0.39, 0.29) is 11.8 Å². The van der Waals surface area contributed by atoms with E-state index < -0.39 is 11.4 Å². The second-order valence-corrected chi connectivity index (χ2v) is 6.88. The number of hydrogen-bond donors (Lipinski definition) is 2. The quantitative estimate of drug-likeness (QED) is 0.890. The number of benzene rings is 1. The van der Waals surface area contributed by atoms with Gasteiger partial charge in [0.05, 0.1) is 22.7 Å². The van der Waals surface area contributed by atoms with E-state index in [4.69, 9.17) is 0 Å². The Morgan fingerprint density at radius 3 is 3.00 bits per heavy atom. The van der Waals surface area contributed by atoms with Gasteiger partial charge in [0, 0.05) is 18.5 Å². The lowest BCUT2D eigenvalue weighted by Gasteiger charge is -2.23. The monoisotopic (exact) mass is 313 g/mol. The zero-order valence-electron chi connectivity index (χ0n) is 13.0. The molecule has 1 aliphatic carbocycles. The van der Waals surface area contributed by atoms with E-state index in [1.165, 1.54) is 0 Å². The smallest absolute Gasteiger partial charge is 0.311 e. The summed E-state index contributed by atoms with van der Waals surface area (Å²) in [7, 11) is 0. The number of nitrogens with zero attached hydrogens (tertiary/aromatic N) is 2. The maximum atomic E-state index is 13.0. The number of aromatic amines is 1. The Morgan fingerprint density at radius 1 is 1.43 bits per heavy atom. The molecule has 1 amide bonds. The number of hydrogen-bond acceptors (Lipinski definition) is 3. The molecular formula is C17H19N3O3. The van der Waals surface area contributed by atoms with Gasteiger partial charge in [-0.25, -0.2) is 0 Å². The number of carbonyl (C=O) groups is 2. The predicted molar refractivity (Wildman–Crippen MR) is 84.1 cm³/mol. The van der Waals surface area contributed by atoms with Gasteiger partial charge in [0.25, 0.3) is 5.91 Å². The Labute approximate surface area is 133 Å². The third-order valence-electron chi connectivity index (χ3n) is 5.51. The van der Waals surface area contributed by atoms with Crippen LogP contribution in [0, 0.1) is 18.3 Å². The number of rotatable bonds is 2. The van der Waals surface area contributed by atoms with Gasteiger partial charge in [0.15, 0.2) is 0 Å². The molecule has 2 N–H and O–H groups in total. The van der Waals surface area contributed by atoms with Crippen molar-refractivity contribution in [3.63, 3.8) is 0 Å². The number of carbonyl (C=O) groups excluding carboxylic acids is 1. The Bertz CT molecular complexity index is 813. The van der Waals surface area contributed by atoms with E-state index in [2.05, 4.69) is 10.2 Å². The fourth-order valence-electron chi connectivity index (χ4n) is 4.34. The highest BCUT2D eigenvalue weighted by Gasteiger charge is 2.55. The van der Waals surface area contributed by atoms with Gasteiger partial charge in [-0.1, -0.05) is 6.42 Å². The van der Waals surface area contributed by atoms with Crippen molar-refractivity contribution >= 4 is 22.8 Å². The molecule has 2 atom stereocenters. The van der Waals surface area contributed by atoms with Gasteiger partial charge >= 0.3 is 5.97 Å². The van der Waals surface area contributed by atoms with Crippen molar-refractivity contribution < 1.29 is 14.7 Å². The van der Waals surface area contributed by atoms with Crippen LogP contribution >= 0.6 is 0 Å². The number of fused-ring (bicyclic) bond motifs is 2. The lowest BCUT2D eigenvalue weighted by Crippen LogP contribution is -2.37. The predicted octanol–water partition coefficient (Wildman–Crippen LogP) is 2.20. The van der Waals surface area contributed by atoms with Crippen molar-refractivity contribution in [2.24, 2.45) is 11.3 Å². The molecule has 4 rings (SSSR count). The first kappa shape index (κ1) is 14.2. The minimum absolute atomic E-state index is 0.0750. The molecule has 0 bridgehead atoms. The minimum atomic E-state index is -0.758. The maximum absolute atomic E-state index is 13.0. The Kier molecular flexibility index (Phi) is 2.98. The third-order valence-corrected chi connectivity index (χ3v) is 5.51. The van der Waals surface area contributed by atoms with E-state index in [0.29, 0.717) is 25.1 Å². The van der Waals surface area contributed by atoms with Crippen molar-refractivity contribution in [2.75, 3.05) is 13.1 Å². The molecule has 120 valence electrons. The molecule has 1 saturated heterocycles. The Morgan fingerprint density at radius 2 is 2.26 bits per heavy atom. The molecule has 0 unspecified atom stereocenters. The number of aliphatic carboxylic acids is 1. The van der Waals surface area contributed by atoms with E-state index in [1.807, 2.05) is 19.1 Å². The van der Waals surface area contributed by atoms with Crippen LogP contribution in [0.5, 0.6) is 0 Å². The number of carboxylic acid groups (broad SMARTS) is 1. The first-order valence-corrected chi connectivity index (χ1v) is 7.98. The summed E-state index contributed by atoms with van der Waals surface area (Å²) < 4.78 is 0. The Balaban J connectivity index is 1.70. The summed E-state index contributed by atoms with van der Waals surface area (Å²) in [5.74, 6) is -0.782. The average molecular weight is 313 g/mol. The minimum Gasteiger partial charge on any atom is -0.481 e. The number of amides is 1. The van der Waals surface area contributed by atoms with E-state index >= 15 is 0 Å². The van der Waals surface area contributed by atoms with Crippen LogP contribution in [0.2, 0.25) is 0 Å². The summed E-state index contributed by atoms with van der Waals surface area (Å²) in [4.78, 5) is 26.5. The number of aryl methyl sites for hydroxylation is 1. The molecule has 2 fully saturated rings. The highest BCUT2D eigenvalue weighted by molar-refractivity contribution is 6.06. The van der Waals surface area contributed by atoms with Crippen molar-refractivity contribution in [3.05, 3.63) is 29.5 Å². The van der Waals surface area contributed by atoms with E-state index in [1.54, 1.807) is 11.1 Å². The lowest BCUT2D eigenvalue weighted by atomic mass is 9.81. The molecule has 0 spiro atoms. The number of likely N-dealkylation sites (tertiary alicyclic amines) is 1. The molecule has 1 saturated carbocycles. The summed E-state index contributed by atoms with van der Waals surface area (Å²) >= 11 is 0. The second kappa shape index (κ2) is 4.81. The molecule has 1 aromatic heterocycles. The summed E-state index contributed by atoms with van der Waals surface area (Å²) in [6.45, 7) is 2.80. The number of aromatic nitrogens is 2. The number of nitrogens with one attached hydrogen (secondary N) is 1. The van der Waals surface area contributed by atoms with Gasteiger partial charge in [-0.15, -0.1) is 0 Å². The molecule has 23 heavy (non-hydrogen) atoms. The van der Waals surface area contributed by atoms with Crippen molar-refractivity contribution in [3.8, 4) is 0 Å². The lowest BCUT2D eigenvalue weighted by molar-refractivity contribution is -0.149. The molecule has 2 aromatic rings. The van der Waals surface area contributed by atoms with Crippen LogP contribution in [0.25, 0.3) is 10.9 Å². The molecular weight excluding hydrogens is 294 g/mol. The van der Waals surface area contributed by atoms with Gasteiger partial charge in [-0.3, -0.25) is 14.7 Å². The first-order valence-electron chi connectivity index (χ1n) is 7.98. The number of H-pyrrole nitrogens is 1. The van der Waals surface area contributed by atoms with E-state index in [9.17, 15) is 14.7 Å². The normalized spacial score (nSPS) is 26.7. The highest BCUT2D eigenvalue weighted by atomic mass is 16.4. The first-order chi connectivity index (χ1) is 11.0. The topological polar surface area (TPSA) is 86.3 Å². The second-order valence-electron chi connectivity index (χ2n) is 6.88. The van der Waals surface area contributed by atoms with Gasteiger partial charge in [0.2, 0.25) is 0 Å². The molecule has 2 aliphatic rings. The van der Waals surface area contributed by atoms with Crippen LogP contribution in [0.4, 0.5) is 0 Å². The van der Waals surface area contributed by atoms with Crippen LogP contribution in [0.15, 0.2) is 18.3 Å². The van der Waals surface area contributed by atoms with Crippen molar-refractivity contribution in [1.82, 2.24) is 15.1 Å². The molecule has 2 heterocycles. The SMILES string of the molecule is Cc1cc(C(=O)N2C[C@@H]3CCC[C@@]3(C(=O)O)C2)c2[nH]ncc2c1. The van der Waals surface area contributed by atoms with Gasteiger partial charge < -0.3 is 10.0 Å². The van der Waals surface area contributed by atoms with Crippen LogP contribution in [0.1, 0.15) is 35.2 Å². The Hall–Kier alpha value is -2.37. The highest BCUT2D eigenvalue weighted by Crippen LogP contribution is 2.49. The largest absolute Gasteiger partial charge is 0.481 e. The standard InChI is InChI=1S/C17H19N3O3/c1-10-5-11-7-18-19-14(11)13(6-10)15(21)20-8-12-3-2-4-17(12,9-20)16(22)23/h5-7,12H,2-4,8-9H2,1H3,(H,18,19)(H,22,23)/t12-,17+/m0/s1. The summed E-state index contributed by atoms with van der Waals surface area (Å²) in [5.41, 5.74) is 1.56. The summed E-state index contributed by atoms with van der Waals surface area (Å²) in [6, 6.07) is 3.83. The molecule has 6 heteroatoms. The fourth-order valence-corrected chi connectivity index (χ4v) is 4.34. The zero-order chi connectivity index (χ0) is 16.2. The van der Waals surface area contributed by atoms with Crippen LogP contribution in [0.3, 0.4) is 0 Å². The van der Waals surface area contributed by atoms with Gasteiger partial charge in [-0.05, 0) is 43.4 Å². The molecule has 1 aromatic carbocycles. The zero-order valence-corrected chi connectivity index (χ0v) is 13.0. The number of carboxylic acids is 1. The van der Waals surface area contributed by atoms with Crippen molar-refractivity contribution in [1.29, 1.82) is 0 Å². The molecule has 0 radical (unpaired) electrons. The summed E-state index contributed by atoms with van der Waals surface area (Å²) in [5, 5.41) is 17.5. The summed E-state index contributed by atoms with van der Waals surface area (Å²) in [6.07, 6.45) is 4.21. The van der Waals surface area contributed by atoms with Gasteiger partial charge in [0.1, 0.15) is 0 Å². The van der Waals surface area contributed by atoms with Crippen molar-refractivity contribution in [2.45, 2.75) is 26.2 Å². The average Bonchev–Trinajstić information content (AvgIpc) is 3.18. The maximum Gasteiger partial charge on any atom is 0.311 e. The van der Waals surface area contributed by atoms with E-state index in [0.717, 1.165) is 29.3 Å². The molecule has 1 aliphatic heterocycles.